The molecule has 39 heavy (non-hydrogen) atoms. The Morgan fingerprint density at radius 3 is 1.95 bits per heavy atom. The van der Waals surface area contributed by atoms with Gasteiger partial charge in [-0.25, -0.2) is 0 Å². The van der Waals surface area contributed by atoms with E-state index in [0.29, 0.717) is 6.04 Å². The molecule has 2 rings (SSSR count). The highest BCUT2D eigenvalue weighted by Gasteiger charge is 2.18. The summed E-state index contributed by atoms with van der Waals surface area (Å²) in [5, 5.41) is 5.53. The normalized spacial score (nSPS) is 13.0. The van der Waals surface area contributed by atoms with Gasteiger partial charge in [0.15, 0.2) is 0 Å². The summed E-state index contributed by atoms with van der Waals surface area (Å²) in [5.41, 5.74) is 10.4. The summed E-state index contributed by atoms with van der Waals surface area (Å²) in [6.07, 6.45) is 15.5. The Labute approximate surface area is 245 Å². The third kappa shape index (κ3) is 17.5. The predicted octanol–water partition coefficient (Wildman–Crippen LogP) is 8.75. The second kappa shape index (κ2) is 26.4. The van der Waals surface area contributed by atoms with Crippen LogP contribution in [0.4, 0.5) is 5.69 Å². The lowest BCUT2D eigenvalue weighted by Crippen LogP contribution is -2.45. The van der Waals surface area contributed by atoms with Gasteiger partial charge in [0, 0.05) is 17.9 Å². The maximum Gasteiger partial charge on any atom is 0.0784 e. The van der Waals surface area contributed by atoms with Crippen molar-refractivity contribution < 1.29 is 4.48 Å². The number of hydrazine groups is 2. The first-order chi connectivity index (χ1) is 19.0. The van der Waals surface area contributed by atoms with E-state index in [2.05, 4.69) is 86.1 Å². The van der Waals surface area contributed by atoms with Gasteiger partial charge in [-0.3, -0.25) is 5.01 Å². The van der Waals surface area contributed by atoms with Crippen molar-refractivity contribution in [2.24, 2.45) is 0 Å². The molecule has 3 N–H and O–H groups in total. The smallest absolute Gasteiger partial charge is 0.0784 e. The zero-order valence-corrected chi connectivity index (χ0v) is 27.8. The molecule has 228 valence electrons. The molecule has 0 aromatic heterocycles. The topological polar surface area (TPSA) is 39.3 Å². The van der Waals surface area contributed by atoms with Gasteiger partial charge >= 0.3 is 0 Å². The molecule has 1 heterocycles. The fourth-order valence-electron chi connectivity index (χ4n) is 4.92. The minimum absolute atomic E-state index is 0.329. The summed E-state index contributed by atoms with van der Waals surface area (Å²) in [6, 6.07) is 9.11. The molecule has 1 aliphatic heterocycles. The van der Waals surface area contributed by atoms with Gasteiger partial charge in [-0.2, -0.15) is 0 Å². The van der Waals surface area contributed by atoms with Crippen molar-refractivity contribution in [3.05, 3.63) is 54.4 Å². The van der Waals surface area contributed by atoms with Gasteiger partial charge in [0.05, 0.1) is 32.4 Å². The van der Waals surface area contributed by atoms with E-state index in [9.17, 15) is 0 Å². The highest BCUT2D eigenvalue weighted by atomic mass is 15.7. The van der Waals surface area contributed by atoms with Crippen LogP contribution in [0.3, 0.4) is 0 Å². The number of allylic oxidation sites excluding steroid dienone is 1. The van der Waals surface area contributed by atoms with E-state index in [1.165, 1.54) is 80.3 Å². The van der Waals surface area contributed by atoms with E-state index in [1.807, 2.05) is 47.6 Å². The Bertz CT molecular complexity index is 692. The molecule has 0 radical (unpaired) electrons. The fourth-order valence-corrected chi connectivity index (χ4v) is 4.92. The molecule has 0 saturated heterocycles. The number of benzene rings is 1. The molecule has 1 aromatic carbocycles. The van der Waals surface area contributed by atoms with Crippen molar-refractivity contribution in [2.75, 3.05) is 38.2 Å². The summed E-state index contributed by atoms with van der Waals surface area (Å²) in [4.78, 5) is 0. The molecule has 0 bridgehead atoms. The maximum atomic E-state index is 3.94. The molecule has 1 aliphatic rings. The van der Waals surface area contributed by atoms with Crippen LogP contribution in [-0.2, 0) is 6.42 Å². The summed E-state index contributed by atoms with van der Waals surface area (Å²) >= 11 is 0. The average Bonchev–Trinajstić information content (AvgIpc) is 3.45. The van der Waals surface area contributed by atoms with E-state index in [1.54, 1.807) is 0 Å². The predicted molar refractivity (Wildman–Crippen MR) is 178 cm³/mol. The van der Waals surface area contributed by atoms with Crippen LogP contribution < -0.4 is 21.3 Å². The van der Waals surface area contributed by atoms with Gasteiger partial charge in [-0.1, -0.05) is 93.4 Å². The van der Waals surface area contributed by atoms with Crippen LogP contribution in [0.2, 0.25) is 0 Å². The molecule has 0 spiro atoms. The van der Waals surface area contributed by atoms with Crippen LogP contribution in [0.5, 0.6) is 0 Å². The molecule has 5 heteroatoms. The molecule has 0 aliphatic carbocycles. The van der Waals surface area contributed by atoms with Crippen LogP contribution in [-0.4, -0.2) is 43.8 Å². The van der Waals surface area contributed by atoms with Crippen molar-refractivity contribution in [2.45, 2.75) is 126 Å². The maximum absolute atomic E-state index is 3.94. The van der Waals surface area contributed by atoms with Crippen molar-refractivity contribution in [1.29, 1.82) is 0 Å². The third-order valence-corrected chi connectivity index (χ3v) is 6.71. The quantitative estimate of drug-likeness (QED) is 0.0977. The van der Waals surface area contributed by atoms with Gasteiger partial charge in [-0.05, 0) is 69.2 Å². The second-order valence-corrected chi connectivity index (χ2v) is 9.84. The van der Waals surface area contributed by atoms with E-state index in [0.717, 1.165) is 25.1 Å². The molecule has 5 nitrogen and oxygen atoms in total. The molecule has 0 fully saturated rings. The van der Waals surface area contributed by atoms with E-state index in [4.69, 9.17) is 0 Å². The van der Waals surface area contributed by atoms with Gasteiger partial charge in [0.1, 0.15) is 0 Å². The Kier molecular flexibility index (Phi) is 26.6. The molecular formula is C34H68N5+. The molecule has 0 amide bonds. The second-order valence-electron chi connectivity index (χ2n) is 9.84. The lowest BCUT2D eigenvalue weighted by molar-refractivity contribution is -0.909. The van der Waals surface area contributed by atoms with Crippen LogP contribution in [0.25, 0.3) is 0 Å². The van der Waals surface area contributed by atoms with Gasteiger partial charge < -0.3 is 15.2 Å². The first-order valence-corrected chi connectivity index (χ1v) is 16.3. The molecular weight excluding hydrogens is 478 g/mol. The minimum Gasteiger partial charge on any atom is -0.326 e. The Morgan fingerprint density at radius 1 is 0.846 bits per heavy atom. The highest BCUT2D eigenvalue weighted by molar-refractivity contribution is 5.50. The Morgan fingerprint density at radius 2 is 1.41 bits per heavy atom. The number of rotatable bonds is 18. The summed E-state index contributed by atoms with van der Waals surface area (Å²) < 4.78 is 1.26. The number of nitrogens with zero attached hydrogens (tertiary/aromatic N) is 2. The van der Waals surface area contributed by atoms with Crippen molar-refractivity contribution in [3.8, 4) is 0 Å². The number of hydrogen-bond acceptors (Lipinski definition) is 4. The van der Waals surface area contributed by atoms with Crippen LogP contribution >= 0.6 is 0 Å². The van der Waals surface area contributed by atoms with Crippen LogP contribution in [0, 0.1) is 0 Å². The number of unbranched alkanes of at least 4 members (excludes halogenated alkanes) is 4. The molecule has 0 saturated carbocycles. The molecule has 1 aromatic rings. The van der Waals surface area contributed by atoms with E-state index < -0.39 is 0 Å². The van der Waals surface area contributed by atoms with E-state index in [-0.39, 0.29) is 0 Å². The third-order valence-electron chi connectivity index (χ3n) is 6.71. The summed E-state index contributed by atoms with van der Waals surface area (Å²) in [6.45, 7) is 27.6. The number of quaternary nitrogens is 1. The Balaban J connectivity index is 0. The molecule has 1 atom stereocenters. The zero-order valence-electron chi connectivity index (χ0n) is 27.8. The molecule has 1 unspecified atom stereocenters. The number of hydrogen-bond donors (Lipinski definition) is 3. The zero-order chi connectivity index (χ0) is 29.9. The summed E-state index contributed by atoms with van der Waals surface area (Å²) in [5.74, 6) is 0. The Hall–Kier alpha value is -1.82. The van der Waals surface area contributed by atoms with Crippen LogP contribution in [0.15, 0.2) is 48.8 Å². The first kappa shape index (κ1) is 39.3. The van der Waals surface area contributed by atoms with Crippen molar-refractivity contribution >= 4 is 5.69 Å². The van der Waals surface area contributed by atoms with Crippen molar-refractivity contribution in [3.63, 3.8) is 0 Å². The SMILES string of the molecule is C=CC(Cc1ccc(N2C=C(CCCCCCC[N+](C)(CCC)CCC)NN2)cc1)NCC.CC.CC.CC. The largest absolute Gasteiger partial charge is 0.326 e. The van der Waals surface area contributed by atoms with Gasteiger partial charge in [-0.15, -0.1) is 12.1 Å². The van der Waals surface area contributed by atoms with E-state index >= 15 is 0 Å². The lowest BCUT2D eigenvalue weighted by Gasteiger charge is -2.34. The average molecular weight is 547 g/mol. The fraction of sp³-hybridized carbons (Fsp3) is 0.706. The highest BCUT2D eigenvalue weighted by Crippen LogP contribution is 2.20. The number of nitrogens with one attached hydrogen (secondary N) is 3. The number of likely N-dealkylation sites (N-methyl/N-ethyl adjacent to an activating group) is 1. The van der Waals surface area contributed by atoms with Gasteiger partial charge in [0.2, 0.25) is 0 Å². The van der Waals surface area contributed by atoms with Crippen LogP contribution in [0.1, 0.15) is 119 Å². The lowest BCUT2D eigenvalue weighted by atomic mass is 10.1. The summed E-state index contributed by atoms with van der Waals surface area (Å²) in [7, 11) is 2.44. The number of anilines is 1. The van der Waals surface area contributed by atoms with Crippen molar-refractivity contribution in [1.82, 2.24) is 16.3 Å². The first-order valence-electron chi connectivity index (χ1n) is 16.3. The minimum atomic E-state index is 0.329. The monoisotopic (exact) mass is 547 g/mol. The standard InChI is InChI=1S/C28H50N5.3C2H6/c1-6-20-33(5,21-7-2)22-14-12-10-11-13-15-27-24-32(31-30-27)28-18-16-25(17-19-28)23-26(8-3)29-9-4;3*1-2/h8,16-19,24,26,29-31H,3,6-7,9-15,20-23H2,1-2,4-5H3;3*1-2H3/q+1;;;. The van der Waals surface area contributed by atoms with Gasteiger partial charge in [0.25, 0.3) is 0 Å².